The maximum Gasteiger partial charge on any atom is 0.419 e. The Labute approximate surface area is 176 Å². The molecule has 0 aliphatic heterocycles. The van der Waals surface area contributed by atoms with Crippen LogP contribution in [0, 0.1) is 5.92 Å². The topological polar surface area (TPSA) is 103 Å². The molecule has 1 atom stereocenters. The average Bonchev–Trinajstić information content (AvgIpc) is 3.13. The fourth-order valence-electron chi connectivity index (χ4n) is 3.61. The number of nitrogens with zero attached hydrogens (tertiary/aromatic N) is 2. The maximum absolute atomic E-state index is 13.8. The molecule has 10 heteroatoms. The zero-order valence-corrected chi connectivity index (χ0v) is 17.3. The summed E-state index contributed by atoms with van der Waals surface area (Å²) in [6.07, 6.45) is -2.31. The number of carbonyl (C=O) groups excluding carboxylic acids is 1. The second-order valence-electron chi connectivity index (χ2n) is 7.96. The van der Waals surface area contributed by atoms with Gasteiger partial charge in [-0.25, -0.2) is 9.78 Å². The zero-order chi connectivity index (χ0) is 22.8. The first-order valence-electron chi connectivity index (χ1n) is 9.59. The van der Waals surface area contributed by atoms with Crippen molar-refractivity contribution in [1.29, 1.82) is 0 Å². The van der Waals surface area contributed by atoms with Gasteiger partial charge in [0.05, 0.1) is 11.8 Å². The molecule has 2 aromatic heterocycles. The minimum atomic E-state index is -4.66. The number of alkyl halides is 3. The minimum Gasteiger partial charge on any atom is -0.489 e. The first-order valence-corrected chi connectivity index (χ1v) is 9.59. The van der Waals surface area contributed by atoms with E-state index in [0.717, 1.165) is 6.07 Å². The van der Waals surface area contributed by atoms with Gasteiger partial charge in [0.25, 0.3) is 0 Å². The number of amides is 1. The standard InChI is InChI=1S/C21H23F3N4O3/c1-12(2)9-20(3,31-19(25)29)11-30-17-5-4-13(8-16(17)21(22,23)24)14-6-7-26-18-15(14)10-27-28-18/h4-8,10,12H,9,11H2,1-3H3,(H2,25,29)(H,26,27,28)/t20-/m0/s1. The van der Waals surface area contributed by atoms with Gasteiger partial charge in [0, 0.05) is 11.6 Å². The Hall–Kier alpha value is -3.30. The number of pyridine rings is 1. The van der Waals surface area contributed by atoms with E-state index in [-0.39, 0.29) is 18.3 Å². The highest BCUT2D eigenvalue weighted by Gasteiger charge is 2.37. The summed E-state index contributed by atoms with van der Waals surface area (Å²) in [5, 5.41) is 7.19. The Kier molecular flexibility index (Phi) is 6.10. The van der Waals surface area contributed by atoms with Gasteiger partial charge >= 0.3 is 12.3 Å². The zero-order valence-electron chi connectivity index (χ0n) is 17.3. The van der Waals surface area contributed by atoms with Crippen molar-refractivity contribution >= 4 is 17.1 Å². The van der Waals surface area contributed by atoms with Crippen molar-refractivity contribution in [1.82, 2.24) is 15.2 Å². The van der Waals surface area contributed by atoms with Crippen LogP contribution in [0.4, 0.5) is 18.0 Å². The van der Waals surface area contributed by atoms with Crippen LogP contribution in [0.5, 0.6) is 5.75 Å². The predicted octanol–water partition coefficient (Wildman–Crippen LogP) is 4.92. The molecule has 0 unspecified atom stereocenters. The molecule has 7 nitrogen and oxygen atoms in total. The summed E-state index contributed by atoms with van der Waals surface area (Å²) in [5.74, 6) is -0.265. The monoisotopic (exact) mass is 436 g/mol. The highest BCUT2D eigenvalue weighted by Crippen LogP contribution is 2.40. The van der Waals surface area contributed by atoms with Gasteiger partial charge in [0.2, 0.25) is 0 Å². The number of nitrogens with two attached hydrogens (primary N) is 1. The van der Waals surface area contributed by atoms with Crippen LogP contribution in [-0.2, 0) is 10.9 Å². The van der Waals surface area contributed by atoms with Crippen molar-refractivity contribution in [3.05, 3.63) is 42.2 Å². The Morgan fingerprint density at radius 3 is 2.65 bits per heavy atom. The molecule has 0 fully saturated rings. The third-order valence-corrected chi connectivity index (χ3v) is 4.67. The van der Waals surface area contributed by atoms with Crippen molar-refractivity contribution in [3.8, 4) is 16.9 Å². The summed E-state index contributed by atoms with van der Waals surface area (Å²) in [4.78, 5) is 15.4. The number of rotatable bonds is 7. The fourth-order valence-corrected chi connectivity index (χ4v) is 3.61. The number of fused-ring (bicyclic) bond motifs is 1. The normalized spacial score (nSPS) is 13.9. The third kappa shape index (κ3) is 5.25. The van der Waals surface area contributed by atoms with Crippen molar-refractivity contribution < 1.29 is 27.4 Å². The van der Waals surface area contributed by atoms with E-state index in [1.54, 1.807) is 13.0 Å². The molecule has 0 saturated heterocycles. The van der Waals surface area contributed by atoms with Gasteiger partial charge < -0.3 is 15.2 Å². The van der Waals surface area contributed by atoms with E-state index in [4.69, 9.17) is 15.2 Å². The number of primary amides is 1. The lowest BCUT2D eigenvalue weighted by Gasteiger charge is -2.30. The van der Waals surface area contributed by atoms with Crippen LogP contribution in [0.1, 0.15) is 32.8 Å². The summed E-state index contributed by atoms with van der Waals surface area (Å²) in [7, 11) is 0. The highest BCUT2D eigenvalue weighted by atomic mass is 19.4. The number of hydrogen-bond acceptors (Lipinski definition) is 5. The summed E-state index contributed by atoms with van der Waals surface area (Å²) in [5.41, 5.74) is 4.39. The largest absolute Gasteiger partial charge is 0.489 e. The quantitative estimate of drug-likeness (QED) is 0.547. The van der Waals surface area contributed by atoms with Gasteiger partial charge in [-0.05, 0) is 48.6 Å². The number of benzene rings is 1. The molecule has 0 bridgehead atoms. The van der Waals surface area contributed by atoms with Crippen molar-refractivity contribution in [2.24, 2.45) is 11.7 Å². The molecule has 3 aromatic rings. The first kappa shape index (κ1) is 22.4. The summed E-state index contributed by atoms with van der Waals surface area (Å²) >= 11 is 0. The van der Waals surface area contributed by atoms with Crippen LogP contribution in [0.15, 0.2) is 36.7 Å². The van der Waals surface area contributed by atoms with Crippen LogP contribution >= 0.6 is 0 Å². The Balaban J connectivity index is 1.96. The van der Waals surface area contributed by atoms with E-state index in [2.05, 4.69) is 15.2 Å². The molecule has 3 rings (SSSR count). The number of H-pyrrole nitrogens is 1. The van der Waals surface area contributed by atoms with E-state index < -0.39 is 23.4 Å². The van der Waals surface area contributed by atoms with Crippen molar-refractivity contribution in [3.63, 3.8) is 0 Å². The van der Waals surface area contributed by atoms with Gasteiger partial charge in [0.1, 0.15) is 18.0 Å². The smallest absolute Gasteiger partial charge is 0.419 e. The van der Waals surface area contributed by atoms with Gasteiger partial charge in [-0.2, -0.15) is 18.3 Å². The third-order valence-electron chi connectivity index (χ3n) is 4.67. The maximum atomic E-state index is 13.8. The first-order chi connectivity index (χ1) is 14.5. The molecule has 3 N–H and O–H groups in total. The Bertz CT molecular complexity index is 1080. The molecular formula is C21H23F3N4O3. The van der Waals surface area contributed by atoms with Crippen LogP contribution in [0.25, 0.3) is 22.2 Å². The lowest BCUT2D eigenvalue weighted by molar-refractivity contribution is -0.139. The molecule has 31 heavy (non-hydrogen) atoms. The second kappa shape index (κ2) is 8.44. The van der Waals surface area contributed by atoms with E-state index in [9.17, 15) is 18.0 Å². The van der Waals surface area contributed by atoms with E-state index in [0.29, 0.717) is 28.6 Å². The molecular weight excluding hydrogens is 413 g/mol. The Morgan fingerprint density at radius 1 is 1.26 bits per heavy atom. The number of halogens is 3. The summed E-state index contributed by atoms with van der Waals surface area (Å²) < 4.78 is 52.1. The number of carbonyl (C=O) groups is 1. The van der Waals surface area contributed by atoms with Crippen molar-refractivity contribution in [2.45, 2.75) is 39.0 Å². The molecule has 0 spiro atoms. The molecule has 2 heterocycles. The molecule has 0 aliphatic rings. The van der Waals surface area contributed by atoms with Crippen LogP contribution < -0.4 is 10.5 Å². The van der Waals surface area contributed by atoms with Crippen LogP contribution in [0.3, 0.4) is 0 Å². The van der Waals surface area contributed by atoms with E-state index >= 15 is 0 Å². The van der Waals surface area contributed by atoms with E-state index in [1.165, 1.54) is 24.5 Å². The average molecular weight is 436 g/mol. The Morgan fingerprint density at radius 2 is 2.00 bits per heavy atom. The highest BCUT2D eigenvalue weighted by molar-refractivity contribution is 5.92. The fraction of sp³-hybridized carbons (Fsp3) is 0.381. The number of aromatic amines is 1. The van der Waals surface area contributed by atoms with Crippen LogP contribution in [-0.4, -0.2) is 33.5 Å². The lowest BCUT2D eigenvalue weighted by atomic mass is 9.94. The van der Waals surface area contributed by atoms with Gasteiger partial charge in [-0.3, -0.25) is 5.10 Å². The SMILES string of the molecule is CC(C)C[C@@](C)(COc1ccc(-c2ccnc3[nH]ncc23)cc1C(F)(F)F)OC(N)=O. The number of aromatic nitrogens is 3. The molecule has 0 saturated carbocycles. The molecule has 0 radical (unpaired) electrons. The number of hydrogen-bond donors (Lipinski definition) is 2. The molecule has 1 amide bonds. The predicted molar refractivity (Wildman–Crippen MR) is 108 cm³/mol. The minimum absolute atomic E-state index is 0.0986. The molecule has 1 aromatic carbocycles. The number of nitrogens with one attached hydrogen (secondary N) is 1. The lowest BCUT2D eigenvalue weighted by Crippen LogP contribution is -2.41. The second-order valence-corrected chi connectivity index (χ2v) is 7.96. The van der Waals surface area contributed by atoms with Gasteiger partial charge in [-0.1, -0.05) is 19.9 Å². The summed E-state index contributed by atoms with van der Waals surface area (Å²) in [6, 6.07) is 5.42. The number of ether oxygens (including phenoxy) is 2. The van der Waals surface area contributed by atoms with Gasteiger partial charge in [0.15, 0.2) is 5.65 Å². The van der Waals surface area contributed by atoms with Crippen LogP contribution in [0.2, 0.25) is 0 Å². The van der Waals surface area contributed by atoms with E-state index in [1.807, 2.05) is 13.8 Å². The van der Waals surface area contributed by atoms with Gasteiger partial charge in [-0.15, -0.1) is 0 Å². The summed E-state index contributed by atoms with van der Waals surface area (Å²) in [6.45, 7) is 5.08. The molecule has 0 aliphatic carbocycles. The molecule has 166 valence electrons. The van der Waals surface area contributed by atoms with Crippen molar-refractivity contribution in [2.75, 3.05) is 6.61 Å².